The standard InChI is InChI=1S/C20H23ClN2O5/c1-20(2,3)28-19(25)23(17-7-5-6-8-22-17)9-10-27-16-12-14(18(24)26-4)11-15(21)13-16/h5-8,11-13H,9-10H2,1-4H3. The number of nitrogens with zero attached hydrogens (tertiary/aromatic N) is 2. The number of benzene rings is 1. The second kappa shape index (κ2) is 9.41. The molecule has 0 aliphatic rings. The lowest BCUT2D eigenvalue weighted by molar-refractivity contribution is 0.0572. The number of amides is 1. The van der Waals surface area contributed by atoms with E-state index < -0.39 is 17.7 Å². The van der Waals surface area contributed by atoms with Crippen molar-refractivity contribution in [2.45, 2.75) is 26.4 Å². The number of esters is 1. The normalized spacial score (nSPS) is 10.9. The highest BCUT2D eigenvalue weighted by Gasteiger charge is 2.24. The summed E-state index contributed by atoms with van der Waals surface area (Å²) in [6, 6.07) is 9.83. The highest BCUT2D eigenvalue weighted by molar-refractivity contribution is 6.31. The molecule has 0 radical (unpaired) electrons. The summed E-state index contributed by atoms with van der Waals surface area (Å²) >= 11 is 6.03. The highest BCUT2D eigenvalue weighted by atomic mass is 35.5. The number of aromatic nitrogens is 1. The minimum atomic E-state index is -0.645. The first-order valence-electron chi connectivity index (χ1n) is 8.63. The van der Waals surface area contributed by atoms with Gasteiger partial charge in [-0.1, -0.05) is 17.7 Å². The zero-order valence-electron chi connectivity index (χ0n) is 16.3. The number of anilines is 1. The summed E-state index contributed by atoms with van der Waals surface area (Å²) in [6.07, 6.45) is 1.06. The second-order valence-corrected chi connectivity index (χ2v) is 7.27. The SMILES string of the molecule is COC(=O)c1cc(Cl)cc(OCCN(C(=O)OC(C)(C)C)c2ccccn2)c1. The molecule has 1 amide bonds. The van der Waals surface area contributed by atoms with Gasteiger partial charge in [0, 0.05) is 11.2 Å². The predicted octanol–water partition coefficient (Wildman–Crippen LogP) is 4.34. The Bertz CT molecular complexity index is 821. The van der Waals surface area contributed by atoms with Gasteiger partial charge in [0.25, 0.3) is 0 Å². The minimum Gasteiger partial charge on any atom is -0.492 e. The third kappa shape index (κ3) is 6.42. The van der Waals surface area contributed by atoms with Crippen LogP contribution in [0.5, 0.6) is 5.75 Å². The lowest BCUT2D eigenvalue weighted by Gasteiger charge is -2.26. The van der Waals surface area contributed by atoms with Crippen molar-refractivity contribution < 1.29 is 23.8 Å². The molecule has 1 aromatic carbocycles. The van der Waals surface area contributed by atoms with Crippen molar-refractivity contribution >= 4 is 29.5 Å². The fourth-order valence-electron chi connectivity index (χ4n) is 2.27. The van der Waals surface area contributed by atoms with Crippen LogP contribution in [-0.2, 0) is 9.47 Å². The number of hydrogen-bond donors (Lipinski definition) is 0. The molecule has 2 rings (SSSR count). The van der Waals surface area contributed by atoms with E-state index in [0.717, 1.165) is 0 Å². The number of ether oxygens (including phenoxy) is 3. The van der Waals surface area contributed by atoms with Gasteiger partial charge in [0.05, 0.1) is 19.2 Å². The molecule has 0 aliphatic heterocycles. The van der Waals surface area contributed by atoms with Crippen molar-refractivity contribution in [2.24, 2.45) is 0 Å². The van der Waals surface area contributed by atoms with Gasteiger partial charge in [-0.15, -0.1) is 0 Å². The smallest absolute Gasteiger partial charge is 0.416 e. The fraction of sp³-hybridized carbons (Fsp3) is 0.350. The van der Waals surface area contributed by atoms with Gasteiger partial charge in [0.2, 0.25) is 0 Å². The van der Waals surface area contributed by atoms with Crippen LogP contribution in [0.2, 0.25) is 5.02 Å². The molecule has 0 spiro atoms. The zero-order valence-corrected chi connectivity index (χ0v) is 17.0. The van der Waals surface area contributed by atoms with Gasteiger partial charge in [-0.25, -0.2) is 14.6 Å². The maximum atomic E-state index is 12.6. The van der Waals surface area contributed by atoms with Crippen molar-refractivity contribution in [1.29, 1.82) is 0 Å². The quantitative estimate of drug-likeness (QED) is 0.664. The molecule has 0 aliphatic carbocycles. The van der Waals surface area contributed by atoms with Crippen molar-refractivity contribution in [3.8, 4) is 5.75 Å². The Labute approximate surface area is 169 Å². The Kier molecular flexibility index (Phi) is 7.23. The van der Waals surface area contributed by atoms with Gasteiger partial charge >= 0.3 is 12.1 Å². The molecular weight excluding hydrogens is 384 g/mol. The van der Waals surface area contributed by atoms with Crippen LogP contribution < -0.4 is 9.64 Å². The molecule has 0 atom stereocenters. The van der Waals surface area contributed by atoms with Gasteiger partial charge in [0.1, 0.15) is 23.8 Å². The number of methoxy groups -OCH3 is 1. The first-order valence-corrected chi connectivity index (χ1v) is 9.00. The molecule has 8 heteroatoms. The summed E-state index contributed by atoms with van der Waals surface area (Å²) in [5.74, 6) is 0.316. The molecule has 150 valence electrons. The lowest BCUT2D eigenvalue weighted by Crippen LogP contribution is -2.39. The average molecular weight is 407 g/mol. The zero-order chi connectivity index (χ0) is 20.7. The Morgan fingerprint density at radius 2 is 1.93 bits per heavy atom. The van der Waals surface area contributed by atoms with Gasteiger partial charge in [-0.2, -0.15) is 0 Å². The van der Waals surface area contributed by atoms with Crippen LogP contribution in [0, 0.1) is 0 Å². The summed E-state index contributed by atoms with van der Waals surface area (Å²) in [7, 11) is 1.29. The topological polar surface area (TPSA) is 78.0 Å². The van der Waals surface area contributed by atoms with Gasteiger partial charge < -0.3 is 14.2 Å². The Morgan fingerprint density at radius 3 is 2.54 bits per heavy atom. The van der Waals surface area contributed by atoms with Crippen molar-refractivity contribution in [1.82, 2.24) is 4.98 Å². The molecule has 0 unspecified atom stereocenters. The van der Waals surface area contributed by atoms with Crippen LogP contribution >= 0.6 is 11.6 Å². The first-order chi connectivity index (χ1) is 13.2. The number of carbonyl (C=O) groups excluding carboxylic acids is 2. The monoisotopic (exact) mass is 406 g/mol. The third-order valence-corrected chi connectivity index (χ3v) is 3.63. The number of carbonyl (C=O) groups is 2. The van der Waals surface area contributed by atoms with E-state index in [2.05, 4.69) is 4.98 Å². The van der Waals surface area contributed by atoms with Gasteiger partial charge in [-0.3, -0.25) is 4.90 Å². The summed E-state index contributed by atoms with van der Waals surface area (Å²) in [5, 5.41) is 0.339. The number of rotatable bonds is 6. The molecule has 1 aromatic heterocycles. The molecule has 2 aromatic rings. The van der Waals surface area contributed by atoms with E-state index in [1.165, 1.54) is 24.1 Å². The Balaban J connectivity index is 2.11. The van der Waals surface area contributed by atoms with Crippen molar-refractivity contribution in [3.05, 3.63) is 53.2 Å². The van der Waals surface area contributed by atoms with Crippen LogP contribution in [-0.4, -0.2) is 42.9 Å². The first kappa shape index (κ1) is 21.5. The van der Waals surface area contributed by atoms with Crippen molar-refractivity contribution in [2.75, 3.05) is 25.2 Å². The summed E-state index contributed by atoms with van der Waals surface area (Å²) in [4.78, 5) is 29.8. The molecule has 7 nitrogen and oxygen atoms in total. The lowest BCUT2D eigenvalue weighted by atomic mass is 10.2. The number of pyridine rings is 1. The predicted molar refractivity (Wildman–Crippen MR) is 106 cm³/mol. The molecule has 1 heterocycles. The Morgan fingerprint density at radius 1 is 1.18 bits per heavy atom. The van der Waals surface area contributed by atoms with Crippen LogP contribution in [0.4, 0.5) is 10.6 Å². The van der Waals surface area contributed by atoms with Crippen LogP contribution in [0.15, 0.2) is 42.6 Å². The highest BCUT2D eigenvalue weighted by Crippen LogP contribution is 2.22. The molecule has 0 N–H and O–H groups in total. The van der Waals surface area contributed by atoms with E-state index >= 15 is 0 Å². The number of hydrogen-bond acceptors (Lipinski definition) is 6. The molecule has 0 saturated carbocycles. The van der Waals surface area contributed by atoms with Crippen molar-refractivity contribution in [3.63, 3.8) is 0 Å². The third-order valence-electron chi connectivity index (χ3n) is 3.42. The van der Waals surface area contributed by atoms with Crippen LogP contribution in [0.1, 0.15) is 31.1 Å². The fourth-order valence-corrected chi connectivity index (χ4v) is 2.49. The van der Waals surface area contributed by atoms with Crippen LogP contribution in [0.3, 0.4) is 0 Å². The molecular formula is C20H23ClN2O5. The van der Waals surface area contributed by atoms with E-state index in [-0.39, 0.29) is 18.7 Å². The largest absolute Gasteiger partial charge is 0.492 e. The average Bonchev–Trinajstić information content (AvgIpc) is 2.63. The molecule has 28 heavy (non-hydrogen) atoms. The molecule has 0 bridgehead atoms. The Hall–Kier alpha value is -2.80. The summed E-state index contributed by atoms with van der Waals surface area (Å²) < 4.78 is 15.8. The van der Waals surface area contributed by atoms with E-state index in [9.17, 15) is 9.59 Å². The maximum absolute atomic E-state index is 12.6. The van der Waals surface area contributed by atoms with E-state index in [0.29, 0.717) is 16.6 Å². The van der Waals surface area contributed by atoms with Crippen LogP contribution in [0.25, 0.3) is 0 Å². The molecule has 0 saturated heterocycles. The van der Waals surface area contributed by atoms with E-state index in [4.69, 9.17) is 25.8 Å². The van der Waals surface area contributed by atoms with E-state index in [1.807, 2.05) is 0 Å². The summed E-state index contributed by atoms with van der Waals surface area (Å²) in [5.41, 5.74) is -0.369. The minimum absolute atomic E-state index is 0.136. The van der Waals surface area contributed by atoms with Gasteiger partial charge in [0.15, 0.2) is 0 Å². The maximum Gasteiger partial charge on any atom is 0.416 e. The summed E-state index contributed by atoms with van der Waals surface area (Å²) in [6.45, 7) is 5.69. The number of halogens is 1. The van der Waals surface area contributed by atoms with Gasteiger partial charge in [-0.05, 0) is 51.1 Å². The molecule has 0 fully saturated rings. The second-order valence-electron chi connectivity index (χ2n) is 6.84. The van der Waals surface area contributed by atoms with E-state index in [1.54, 1.807) is 51.2 Å².